The number of piperazine rings is 1. The Kier molecular flexibility index (Phi) is 7.62. The number of halogens is 3. The fourth-order valence-electron chi connectivity index (χ4n) is 4.30. The van der Waals surface area contributed by atoms with Gasteiger partial charge in [-0.25, -0.2) is 9.48 Å². The monoisotopic (exact) mass is 468 g/mol. The molecule has 11 heteroatoms. The van der Waals surface area contributed by atoms with Gasteiger partial charge in [-0.1, -0.05) is 18.2 Å². The predicted octanol–water partition coefficient (Wildman–Crippen LogP) is 3.19. The van der Waals surface area contributed by atoms with E-state index < -0.39 is 18.1 Å². The highest BCUT2D eigenvalue weighted by Gasteiger charge is 2.38. The number of carboxylic acids is 2. The molecule has 2 atom stereocenters. The number of hydrogen-bond acceptors (Lipinski definition) is 5. The van der Waals surface area contributed by atoms with Crippen LogP contribution < -0.4 is 4.90 Å². The molecule has 1 aromatic carbocycles. The second-order valence-corrected chi connectivity index (χ2v) is 8.22. The number of para-hydroxylation sites is 1. The summed E-state index contributed by atoms with van der Waals surface area (Å²) in [6.07, 6.45) is -2.45. The molecule has 2 aliphatic rings. The van der Waals surface area contributed by atoms with Crippen molar-refractivity contribution in [1.29, 1.82) is 0 Å². The summed E-state index contributed by atoms with van der Waals surface area (Å²) < 4.78 is 33.8. The summed E-state index contributed by atoms with van der Waals surface area (Å²) >= 11 is 0. The number of rotatable bonds is 4. The molecule has 1 aromatic heterocycles. The number of anilines is 1. The van der Waals surface area contributed by atoms with Crippen LogP contribution in [0.25, 0.3) is 5.69 Å². The Morgan fingerprint density at radius 2 is 1.64 bits per heavy atom. The van der Waals surface area contributed by atoms with Gasteiger partial charge in [0.15, 0.2) is 0 Å². The molecule has 0 unspecified atom stereocenters. The Bertz CT molecular complexity index is 956. The van der Waals surface area contributed by atoms with E-state index in [1.54, 1.807) is 0 Å². The van der Waals surface area contributed by atoms with Crippen molar-refractivity contribution in [2.24, 2.45) is 5.92 Å². The molecule has 1 aliphatic heterocycles. The third-order valence-electron chi connectivity index (χ3n) is 5.96. The standard InChI is InChI=1S/C20H26N4O2.C2HF3O2/c1-15-13-19(24(21-15)17-5-3-2-4-6-17)23-11-9-22(10-12-23)18-8-7-16(14-18)20(25)26;3-2(4,5)1(6)7/h2-6,13,16,18H,7-12,14H2,1H3,(H,25,26);(H,6,7)/t16-,18+;/m0./s1. The molecule has 1 aliphatic carbocycles. The number of aromatic nitrogens is 2. The number of hydrogen-bond donors (Lipinski definition) is 2. The Balaban J connectivity index is 0.000000383. The minimum Gasteiger partial charge on any atom is -0.481 e. The molecular weight excluding hydrogens is 441 g/mol. The molecule has 33 heavy (non-hydrogen) atoms. The van der Waals surface area contributed by atoms with Crippen molar-refractivity contribution in [2.75, 3.05) is 31.1 Å². The first kappa shape index (κ1) is 24.6. The molecule has 180 valence electrons. The van der Waals surface area contributed by atoms with Crippen molar-refractivity contribution >= 4 is 17.8 Å². The number of alkyl halides is 3. The third-order valence-corrected chi connectivity index (χ3v) is 5.96. The molecule has 0 radical (unpaired) electrons. The van der Waals surface area contributed by atoms with Gasteiger partial charge in [-0.15, -0.1) is 0 Å². The largest absolute Gasteiger partial charge is 0.490 e. The van der Waals surface area contributed by atoms with E-state index in [2.05, 4.69) is 33.1 Å². The fourth-order valence-corrected chi connectivity index (χ4v) is 4.30. The first-order chi connectivity index (χ1) is 15.6. The maximum Gasteiger partial charge on any atom is 0.490 e. The van der Waals surface area contributed by atoms with Crippen LogP contribution in [0.15, 0.2) is 36.4 Å². The molecule has 2 N–H and O–H groups in total. The normalized spacial score (nSPS) is 21.4. The Labute approximate surface area is 189 Å². The van der Waals surface area contributed by atoms with Crippen molar-refractivity contribution in [3.8, 4) is 5.69 Å². The highest BCUT2D eigenvalue weighted by atomic mass is 19.4. The summed E-state index contributed by atoms with van der Waals surface area (Å²) in [4.78, 5) is 25.0. The maximum absolute atomic E-state index is 11.2. The van der Waals surface area contributed by atoms with Gasteiger partial charge in [0.05, 0.1) is 17.3 Å². The second-order valence-electron chi connectivity index (χ2n) is 8.22. The first-order valence-electron chi connectivity index (χ1n) is 10.7. The van der Waals surface area contributed by atoms with Crippen LogP contribution in [0, 0.1) is 12.8 Å². The van der Waals surface area contributed by atoms with Gasteiger partial charge in [0, 0.05) is 38.3 Å². The first-order valence-corrected chi connectivity index (χ1v) is 10.7. The van der Waals surface area contributed by atoms with Gasteiger partial charge in [0.25, 0.3) is 0 Å². The molecule has 2 fully saturated rings. The van der Waals surface area contributed by atoms with E-state index >= 15 is 0 Å². The number of carboxylic acid groups (broad SMARTS) is 2. The van der Waals surface area contributed by atoms with Crippen LogP contribution in [0.5, 0.6) is 0 Å². The van der Waals surface area contributed by atoms with Gasteiger partial charge in [-0.2, -0.15) is 18.3 Å². The number of aliphatic carboxylic acids is 2. The lowest BCUT2D eigenvalue weighted by atomic mass is 10.1. The third kappa shape index (κ3) is 6.25. The van der Waals surface area contributed by atoms with Crippen molar-refractivity contribution in [3.05, 3.63) is 42.1 Å². The summed E-state index contributed by atoms with van der Waals surface area (Å²) in [7, 11) is 0. The Morgan fingerprint density at radius 3 is 2.15 bits per heavy atom. The Hall–Kier alpha value is -3.08. The highest BCUT2D eigenvalue weighted by Crippen LogP contribution is 2.31. The van der Waals surface area contributed by atoms with Crippen LogP contribution in [0.1, 0.15) is 25.0 Å². The van der Waals surface area contributed by atoms with E-state index in [1.807, 2.05) is 29.8 Å². The molecule has 0 bridgehead atoms. The number of aryl methyl sites for hydroxylation is 1. The second kappa shape index (κ2) is 10.2. The summed E-state index contributed by atoms with van der Waals surface area (Å²) in [5, 5.41) is 21.0. The average molecular weight is 468 g/mol. The maximum atomic E-state index is 11.2. The quantitative estimate of drug-likeness (QED) is 0.711. The van der Waals surface area contributed by atoms with Crippen molar-refractivity contribution in [3.63, 3.8) is 0 Å². The summed E-state index contributed by atoms with van der Waals surface area (Å²) in [6, 6.07) is 12.8. The lowest BCUT2D eigenvalue weighted by Crippen LogP contribution is -2.50. The summed E-state index contributed by atoms with van der Waals surface area (Å²) in [5.41, 5.74) is 2.10. The summed E-state index contributed by atoms with van der Waals surface area (Å²) in [5.74, 6) is -2.40. The van der Waals surface area contributed by atoms with Crippen LogP contribution in [-0.2, 0) is 9.59 Å². The lowest BCUT2D eigenvalue weighted by Gasteiger charge is -2.39. The minimum atomic E-state index is -5.08. The van der Waals surface area contributed by atoms with Crippen LogP contribution in [0.2, 0.25) is 0 Å². The number of nitrogens with zero attached hydrogens (tertiary/aromatic N) is 4. The topological polar surface area (TPSA) is 98.9 Å². The molecule has 0 amide bonds. The SMILES string of the molecule is Cc1cc(N2CCN([C@@H]3CC[C@H](C(=O)O)C3)CC2)n(-c2ccccc2)n1.O=C(O)C(F)(F)F. The number of carbonyl (C=O) groups is 2. The zero-order chi connectivity index (χ0) is 24.2. The van der Waals surface area contributed by atoms with E-state index in [1.165, 1.54) is 0 Å². The summed E-state index contributed by atoms with van der Waals surface area (Å²) in [6.45, 7) is 5.90. The molecule has 1 saturated heterocycles. The van der Waals surface area contributed by atoms with Crippen LogP contribution in [-0.4, -0.2) is 75.2 Å². The van der Waals surface area contributed by atoms with Crippen molar-refractivity contribution < 1.29 is 33.0 Å². The van der Waals surface area contributed by atoms with E-state index in [0.717, 1.165) is 62.6 Å². The molecule has 1 saturated carbocycles. The molecule has 2 heterocycles. The number of benzene rings is 1. The van der Waals surface area contributed by atoms with Crippen molar-refractivity contribution in [2.45, 2.75) is 38.4 Å². The fraction of sp³-hybridized carbons (Fsp3) is 0.500. The molecule has 8 nitrogen and oxygen atoms in total. The predicted molar refractivity (Wildman–Crippen MR) is 115 cm³/mol. The van der Waals surface area contributed by atoms with Gasteiger partial charge in [-0.05, 0) is 38.3 Å². The van der Waals surface area contributed by atoms with Gasteiger partial charge < -0.3 is 15.1 Å². The molecular formula is C22H27F3N4O4. The molecule has 2 aromatic rings. The minimum absolute atomic E-state index is 0.153. The molecule has 4 rings (SSSR count). The lowest BCUT2D eigenvalue weighted by molar-refractivity contribution is -0.192. The zero-order valence-corrected chi connectivity index (χ0v) is 18.2. The molecule has 0 spiro atoms. The van der Waals surface area contributed by atoms with Crippen molar-refractivity contribution in [1.82, 2.24) is 14.7 Å². The van der Waals surface area contributed by atoms with Gasteiger partial charge in [0.1, 0.15) is 5.82 Å². The van der Waals surface area contributed by atoms with Crippen LogP contribution in [0.4, 0.5) is 19.0 Å². The van der Waals surface area contributed by atoms with E-state index in [4.69, 9.17) is 9.90 Å². The van der Waals surface area contributed by atoms with Gasteiger partial charge in [-0.3, -0.25) is 9.69 Å². The highest BCUT2D eigenvalue weighted by molar-refractivity contribution is 5.73. The van der Waals surface area contributed by atoms with Gasteiger partial charge in [0.2, 0.25) is 0 Å². The Morgan fingerprint density at radius 1 is 1.03 bits per heavy atom. The van der Waals surface area contributed by atoms with E-state index in [0.29, 0.717) is 6.04 Å². The average Bonchev–Trinajstić information content (AvgIpc) is 3.42. The smallest absolute Gasteiger partial charge is 0.481 e. The van der Waals surface area contributed by atoms with E-state index in [-0.39, 0.29) is 5.92 Å². The van der Waals surface area contributed by atoms with Crippen LogP contribution in [0.3, 0.4) is 0 Å². The van der Waals surface area contributed by atoms with Gasteiger partial charge >= 0.3 is 18.1 Å². The zero-order valence-electron chi connectivity index (χ0n) is 18.2. The van der Waals surface area contributed by atoms with Crippen LogP contribution >= 0.6 is 0 Å². The van der Waals surface area contributed by atoms with E-state index in [9.17, 15) is 23.1 Å².